The van der Waals surface area contributed by atoms with E-state index in [9.17, 15) is 8.42 Å². The predicted octanol–water partition coefficient (Wildman–Crippen LogP) is 1.69. The molecule has 0 saturated heterocycles. The highest BCUT2D eigenvalue weighted by atomic mass is 32.2. The zero-order valence-corrected chi connectivity index (χ0v) is 10.9. The minimum absolute atomic E-state index is 0.0659. The van der Waals surface area contributed by atoms with E-state index in [1.54, 1.807) is 23.9 Å². The Hall–Kier alpha value is -1.82. The van der Waals surface area contributed by atoms with Gasteiger partial charge >= 0.3 is 0 Å². The van der Waals surface area contributed by atoms with Gasteiger partial charge in [0, 0.05) is 18.1 Å². The number of hydrogen-bond acceptors (Lipinski definition) is 3. The first-order chi connectivity index (χ1) is 8.59. The molecule has 1 aromatic heterocycles. The molecule has 0 aliphatic carbocycles. The zero-order chi connectivity index (χ0) is 13.0. The van der Waals surface area contributed by atoms with Gasteiger partial charge in [0.2, 0.25) is 10.0 Å². The van der Waals surface area contributed by atoms with Crippen molar-refractivity contribution < 1.29 is 8.42 Å². The first kappa shape index (κ1) is 12.6. The number of anilines is 1. The van der Waals surface area contributed by atoms with Crippen molar-refractivity contribution >= 4 is 15.7 Å². The standard InChI is InChI=1S/C12H15N3O2S/c1-2-18(16,17)14-12-6-3-5-11(9-12)10-15-8-4-7-13-15/h3-9,14H,2,10H2,1H3. The summed E-state index contributed by atoms with van der Waals surface area (Å²) in [6, 6.07) is 9.16. The van der Waals surface area contributed by atoms with Crippen LogP contribution in [0.1, 0.15) is 12.5 Å². The van der Waals surface area contributed by atoms with Gasteiger partial charge in [-0.3, -0.25) is 9.40 Å². The summed E-state index contributed by atoms with van der Waals surface area (Å²) in [5, 5.41) is 4.11. The molecule has 1 heterocycles. The van der Waals surface area contributed by atoms with Crippen molar-refractivity contribution in [1.82, 2.24) is 9.78 Å². The van der Waals surface area contributed by atoms with E-state index in [4.69, 9.17) is 0 Å². The lowest BCUT2D eigenvalue weighted by atomic mass is 10.2. The fraction of sp³-hybridized carbons (Fsp3) is 0.250. The molecule has 0 amide bonds. The van der Waals surface area contributed by atoms with E-state index < -0.39 is 10.0 Å². The normalized spacial score (nSPS) is 11.4. The molecule has 1 N–H and O–H groups in total. The van der Waals surface area contributed by atoms with Gasteiger partial charge in [-0.15, -0.1) is 0 Å². The Morgan fingerprint density at radius 2 is 2.17 bits per heavy atom. The lowest BCUT2D eigenvalue weighted by Crippen LogP contribution is -2.14. The van der Waals surface area contributed by atoms with E-state index in [0.29, 0.717) is 12.2 Å². The quantitative estimate of drug-likeness (QED) is 0.894. The van der Waals surface area contributed by atoms with Gasteiger partial charge in [0.05, 0.1) is 12.3 Å². The molecule has 96 valence electrons. The molecule has 0 unspecified atom stereocenters. The number of nitrogens with one attached hydrogen (secondary N) is 1. The summed E-state index contributed by atoms with van der Waals surface area (Å²) in [5.74, 6) is 0.0659. The van der Waals surface area contributed by atoms with Crippen molar-refractivity contribution in [1.29, 1.82) is 0 Å². The van der Waals surface area contributed by atoms with Crippen LogP contribution in [0, 0.1) is 0 Å². The van der Waals surface area contributed by atoms with Gasteiger partial charge in [0.1, 0.15) is 0 Å². The van der Waals surface area contributed by atoms with Crippen LogP contribution in [-0.4, -0.2) is 24.0 Å². The van der Waals surface area contributed by atoms with Gasteiger partial charge < -0.3 is 0 Å². The Morgan fingerprint density at radius 1 is 1.33 bits per heavy atom. The summed E-state index contributed by atoms with van der Waals surface area (Å²) in [6.07, 6.45) is 3.58. The highest BCUT2D eigenvalue weighted by Crippen LogP contribution is 2.13. The molecular formula is C12H15N3O2S. The lowest BCUT2D eigenvalue weighted by Gasteiger charge is -2.08. The van der Waals surface area contributed by atoms with Crippen LogP contribution in [0.15, 0.2) is 42.7 Å². The van der Waals surface area contributed by atoms with Crippen molar-refractivity contribution in [2.24, 2.45) is 0 Å². The Bertz CT molecular complexity index is 606. The number of benzene rings is 1. The van der Waals surface area contributed by atoms with Crippen LogP contribution in [0.3, 0.4) is 0 Å². The van der Waals surface area contributed by atoms with E-state index >= 15 is 0 Å². The molecule has 0 aliphatic heterocycles. The van der Waals surface area contributed by atoms with Crippen molar-refractivity contribution in [3.05, 3.63) is 48.3 Å². The Balaban J connectivity index is 2.15. The number of nitrogens with zero attached hydrogens (tertiary/aromatic N) is 2. The maximum absolute atomic E-state index is 11.5. The summed E-state index contributed by atoms with van der Waals surface area (Å²) >= 11 is 0. The van der Waals surface area contributed by atoms with Crippen molar-refractivity contribution in [3.8, 4) is 0 Å². The number of sulfonamides is 1. The Labute approximate surface area is 107 Å². The third-order valence-corrected chi connectivity index (χ3v) is 3.79. The first-order valence-corrected chi connectivity index (χ1v) is 7.31. The van der Waals surface area contributed by atoms with Crippen LogP contribution in [0.2, 0.25) is 0 Å². The lowest BCUT2D eigenvalue weighted by molar-refractivity contribution is 0.602. The molecule has 0 radical (unpaired) electrons. The van der Waals surface area contributed by atoms with E-state index in [2.05, 4.69) is 9.82 Å². The zero-order valence-electron chi connectivity index (χ0n) is 10.1. The van der Waals surface area contributed by atoms with Gasteiger partial charge in [0.25, 0.3) is 0 Å². The average molecular weight is 265 g/mol. The fourth-order valence-electron chi connectivity index (χ4n) is 1.57. The fourth-order valence-corrected chi connectivity index (χ4v) is 2.20. The topological polar surface area (TPSA) is 64.0 Å². The SMILES string of the molecule is CCS(=O)(=O)Nc1cccc(Cn2cccn2)c1. The third kappa shape index (κ3) is 3.33. The second kappa shape index (κ2) is 5.22. The third-order valence-electron chi connectivity index (χ3n) is 2.48. The van der Waals surface area contributed by atoms with Gasteiger partial charge in [-0.05, 0) is 30.7 Å². The molecule has 0 fully saturated rings. The number of rotatable bonds is 5. The molecule has 2 rings (SSSR count). The molecule has 2 aromatic rings. The summed E-state index contributed by atoms with van der Waals surface area (Å²) in [4.78, 5) is 0. The first-order valence-electron chi connectivity index (χ1n) is 5.66. The van der Waals surface area contributed by atoms with Crippen LogP contribution < -0.4 is 4.72 Å². The second-order valence-electron chi connectivity index (χ2n) is 3.91. The van der Waals surface area contributed by atoms with Crippen LogP contribution in [0.25, 0.3) is 0 Å². The van der Waals surface area contributed by atoms with Gasteiger partial charge in [0.15, 0.2) is 0 Å². The largest absolute Gasteiger partial charge is 0.284 e. The van der Waals surface area contributed by atoms with Crippen LogP contribution in [0.4, 0.5) is 5.69 Å². The second-order valence-corrected chi connectivity index (χ2v) is 5.92. The van der Waals surface area contributed by atoms with Gasteiger partial charge in [-0.25, -0.2) is 8.42 Å². The molecule has 5 nitrogen and oxygen atoms in total. The van der Waals surface area contributed by atoms with E-state index in [-0.39, 0.29) is 5.75 Å². The maximum atomic E-state index is 11.5. The monoisotopic (exact) mass is 265 g/mol. The highest BCUT2D eigenvalue weighted by molar-refractivity contribution is 7.92. The Kier molecular flexibility index (Phi) is 3.66. The van der Waals surface area contributed by atoms with Gasteiger partial charge in [-0.2, -0.15) is 5.10 Å². The summed E-state index contributed by atoms with van der Waals surface area (Å²) in [6.45, 7) is 2.23. The summed E-state index contributed by atoms with van der Waals surface area (Å²) in [5.41, 5.74) is 1.58. The average Bonchev–Trinajstić information content (AvgIpc) is 2.82. The van der Waals surface area contributed by atoms with Crippen LogP contribution in [0.5, 0.6) is 0 Å². The molecular weight excluding hydrogens is 250 g/mol. The van der Waals surface area contributed by atoms with Crippen molar-refractivity contribution in [2.75, 3.05) is 10.5 Å². The summed E-state index contributed by atoms with van der Waals surface area (Å²) in [7, 11) is -3.22. The van der Waals surface area contributed by atoms with E-state index in [1.165, 1.54) is 0 Å². The molecule has 0 atom stereocenters. The maximum Gasteiger partial charge on any atom is 0.232 e. The van der Waals surface area contributed by atoms with Crippen LogP contribution in [-0.2, 0) is 16.6 Å². The predicted molar refractivity (Wildman–Crippen MR) is 70.9 cm³/mol. The molecule has 0 saturated carbocycles. The highest BCUT2D eigenvalue weighted by Gasteiger charge is 2.06. The number of hydrogen-bond donors (Lipinski definition) is 1. The minimum Gasteiger partial charge on any atom is -0.284 e. The van der Waals surface area contributed by atoms with Crippen LogP contribution >= 0.6 is 0 Å². The number of aromatic nitrogens is 2. The van der Waals surface area contributed by atoms with Crippen molar-refractivity contribution in [3.63, 3.8) is 0 Å². The molecule has 0 bridgehead atoms. The molecule has 0 spiro atoms. The van der Waals surface area contributed by atoms with E-state index in [1.807, 2.05) is 30.5 Å². The van der Waals surface area contributed by atoms with Crippen molar-refractivity contribution in [2.45, 2.75) is 13.5 Å². The minimum atomic E-state index is -3.22. The summed E-state index contributed by atoms with van der Waals surface area (Å²) < 4.78 is 27.3. The molecule has 0 aliphatic rings. The molecule has 18 heavy (non-hydrogen) atoms. The van der Waals surface area contributed by atoms with E-state index in [0.717, 1.165) is 5.56 Å². The molecule has 6 heteroatoms. The Morgan fingerprint density at radius 3 is 2.83 bits per heavy atom. The smallest absolute Gasteiger partial charge is 0.232 e. The van der Waals surface area contributed by atoms with Gasteiger partial charge in [-0.1, -0.05) is 12.1 Å². The molecule has 1 aromatic carbocycles.